The fourth-order valence-electron chi connectivity index (χ4n) is 7.10. The molecule has 2 aromatic carbocycles. The maximum Gasteiger partial charge on any atom is 0.418 e. The summed E-state index contributed by atoms with van der Waals surface area (Å²) in [7, 11) is 3.27. The molecule has 10 nitrogen and oxygen atoms in total. The summed E-state index contributed by atoms with van der Waals surface area (Å²) in [6, 6.07) is 10.1. The monoisotopic (exact) mass is 716 g/mol. The Labute approximate surface area is 295 Å². The number of amides is 3. The van der Waals surface area contributed by atoms with Gasteiger partial charge in [-0.15, -0.1) is 6.58 Å². The maximum atomic E-state index is 14.0. The Morgan fingerprint density at radius 1 is 1.16 bits per heavy atom. The van der Waals surface area contributed by atoms with Gasteiger partial charge in [0.25, 0.3) is 5.91 Å². The number of alkyl halides is 3. The summed E-state index contributed by atoms with van der Waals surface area (Å²) < 4.78 is 47.9. The van der Waals surface area contributed by atoms with Gasteiger partial charge in [-0.2, -0.15) is 13.2 Å². The van der Waals surface area contributed by atoms with Crippen molar-refractivity contribution >= 4 is 40.9 Å². The molecule has 3 amide bonds. The van der Waals surface area contributed by atoms with Gasteiger partial charge >= 0.3 is 12.3 Å². The predicted molar refractivity (Wildman–Crippen MR) is 187 cm³/mol. The van der Waals surface area contributed by atoms with Gasteiger partial charge in [-0.3, -0.25) is 9.59 Å². The third-order valence-corrected chi connectivity index (χ3v) is 10.1. The SMILES string of the molecule is C=CCN(C)/C=C\NC1CCN(C(=O)[C@@H](Cc2cc(Cl)c(NC)c(C(F)(F)F)c2)OC(=O)N2CCC3(CC2)CC(=O)Nc2ccccc23)CC1. The van der Waals surface area contributed by atoms with E-state index in [0.29, 0.717) is 51.7 Å². The van der Waals surface area contributed by atoms with Crippen molar-refractivity contribution in [1.29, 1.82) is 0 Å². The fraction of sp³-hybridized carbons (Fsp3) is 0.472. The van der Waals surface area contributed by atoms with Gasteiger partial charge in [0.15, 0.2) is 6.10 Å². The highest BCUT2D eigenvalue weighted by atomic mass is 35.5. The van der Waals surface area contributed by atoms with Crippen LogP contribution in [0.3, 0.4) is 0 Å². The second kappa shape index (κ2) is 15.7. The average molecular weight is 717 g/mol. The average Bonchev–Trinajstić information content (AvgIpc) is 3.07. The number of hydrogen-bond acceptors (Lipinski definition) is 7. The highest BCUT2D eigenvalue weighted by Crippen LogP contribution is 2.45. The van der Waals surface area contributed by atoms with Crippen molar-refractivity contribution in [3.05, 3.63) is 83.2 Å². The predicted octanol–water partition coefficient (Wildman–Crippen LogP) is 5.99. The topological polar surface area (TPSA) is 106 Å². The Morgan fingerprint density at radius 3 is 2.52 bits per heavy atom. The first-order valence-electron chi connectivity index (χ1n) is 16.8. The number of hydrogen-bond donors (Lipinski definition) is 3. The van der Waals surface area contributed by atoms with Crippen molar-refractivity contribution in [2.75, 3.05) is 57.5 Å². The minimum atomic E-state index is -4.71. The van der Waals surface area contributed by atoms with E-state index in [1.165, 1.54) is 18.0 Å². The summed E-state index contributed by atoms with van der Waals surface area (Å²) in [5, 5.41) is 8.61. The number of ether oxygens (including phenoxy) is 1. The molecular formula is C36H44ClF3N6O4. The summed E-state index contributed by atoms with van der Waals surface area (Å²) in [6.45, 7) is 5.75. The van der Waals surface area contributed by atoms with Crippen molar-refractivity contribution in [1.82, 2.24) is 20.0 Å². The van der Waals surface area contributed by atoms with Crippen LogP contribution in [0.25, 0.3) is 0 Å². The van der Waals surface area contributed by atoms with Gasteiger partial charge in [0, 0.05) is 89.2 Å². The van der Waals surface area contributed by atoms with Crippen molar-refractivity contribution in [3.8, 4) is 0 Å². The van der Waals surface area contributed by atoms with E-state index in [9.17, 15) is 27.6 Å². The van der Waals surface area contributed by atoms with Crippen LogP contribution in [0.4, 0.5) is 29.3 Å². The van der Waals surface area contributed by atoms with Crippen molar-refractivity contribution < 1.29 is 32.3 Å². The number of fused-ring (bicyclic) bond motifs is 2. The van der Waals surface area contributed by atoms with Crippen LogP contribution in [0.1, 0.15) is 48.8 Å². The van der Waals surface area contributed by atoms with Gasteiger partial charge in [0.05, 0.1) is 16.3 Å². The molecule has 0 aromatic heterocycles. The second-order valence-corrected chi connectivity index (χ2v) is 13.6. The van der Waals surface area contributed by atoms with Gasteiger partial charge in [-0.1, -0.05) is 35.9 Å². The molecule has 0 saturated carbocycles. The number of para-hydroxylation sites is 1. The van der Waals surface area contributed by atoms with Gasteiger partial charge < -0.3 is 35.4 Å². The Morgan fingerprint density at radius 2 is 1.86 bits per heavy atom. The van der Waals surface area contributed by atoms with Crippen molar-refractivity contribution in [3.63, 3.8) is 0 Å². The van der Waals surface area contributed by atoms with E-state index < -0.39 is 35.3 Å². The Kier molecular flexibility index (Phi) is 11.5. The lowest BCUT2D eigenvalue weighted by Gasteiger charge is -2.44. The molecular weight excluding hydrogens is 673 g/mol. The molecule has 0 aliphatic carbocycles. The van der Waals surface area contributed by atoms with Crippen LogP contribution in [0, 0.1) is 0 Å². The minimum absolute atomic E-state index is 0.0819. The number of carbonyl (C=O) groups is 3. The van der Waals surface area contributed by atoms with E-state index in [1.807, 2.05) is 48.6 Å². The van der Waals surface area contributed by atoms with E-state index in [-0.39, 0.29) is 47.7 Å². The highest BCUT2D eigenvalue weighted by molar-refractivity contribution is 6.33. The first-order chi connectivity index (χ1) is 23.8. The molecule has 3 aliphatic heterocycles. The number of nitrogens with zero attached hydrogens (tertiary/aromatic N) is 3. The number of likely N-dealkylation sites (tertiary alicyclic amines) is 2. The normalized spacial score (nSPS) is 18.3. The largest absolute Gasteiger partial charge is 0.436 e. The Bertz CT molecular complexity index is 1600. The minimum Gasteiger partial charge on any atom is -0.436 e. The number of anilines is 2. The third-order valence-electron chi connectivity index (χ3n) is 9.78. The molecule has 3 heterocycles. The Balaban J connectivity index is 1.31. The van der Waals surface area contributed by atoms with E-state index >= 15 is 0 Å². The highest BCUT2D eigenvalue weighted by Gasteiger charge is 2.44. The zero-order valence-corrected chi connectivity index (χ0v) is 29.1. The van der Waals surface area contributed by atoms with Crippen molar-refractivity contribution in [2.24, 2.45) is 0 Å². The lowest BCUT2D eigenvalue weighted by molar-refractivity contribution is -0.142. The van der Waals surface area contributed by atoms with Crippen LogP contribution >= 0.6 is 11.6 Å². The number of benzene rings is 2. The molecule has 0 bridgehead atoms. The number of carbonyl (C=O) groups excluding carboxylic acids is 3. The van der Waals surface area contributed by atoms with E-state index in [4.69, 9.17) is 16.3 Å². The smallest absolute Gasteiger partial charge is 0.418 e. The van der Waals surface area contributed by atoms with Crippen LogP contribution in [0.2, 0.25) is 5.02 Å². The van der Waals surface area contributed by atoms with Gasteiger partial charge in [-0.05, 0) is 55.0 Å². The first-order valence-corrected chi connectivity index (χ1v) is 17.2. The van der Waals surface area contributed by atoms with E-state index in [0.717, 1.165) is 17.3 Å². The standard InChI is InChI=1S/C36H44ClF3N6O4/c1-4-14-44(3)19-13-42-25-9-15-45(16-10-25)33(48)30(22-24-20-27(36(38,39)40)32(41-2)28(37)21-24)50-34(49)46-17-11-35(12-18-46)23-31(47)43-29-8-6-5-7-26(29)35/h4-8,13,19-21,25,30,41-42H,1,9-12,14-18,22-23H2,2-3H3,(H,43,47)/b19-13-/t30-/m1/s1. The quantitative estimate of drug-likeness (QED) is 0.260. The molecule has 3 N–H and O–H groups in total. The molecule has 0 unspecified atom stereocenters. The fourth-order valence-corrected chi connectivity index (χ4v) is 7.44. The number of halogens is 4. The van der Waals surface area contributed by atoms with Gasteiger partial charge in [-0.25, -0.2) is 4.79 Å². The maximum absolute atomic E-state index is 14.0. The van der Waals surface area contributed by atoms with E-state index in [1.54, 1.807) is 11.0 Å². The number of rotatable bonds is 10. The van der Waals surface area contributed by atoms with Crippen LogP contribution in [-0.2, 0) is 32.3 Å². The van der Waals surface area contributed by atoms with Crippen molar-refractivity contribution in [2.45, 2.75) is 62.3 Å². The zero-order valence-electron chi connectivity index (χ0n) is 28.3. The summed E-state index contributed by atoms with van der Waals surface area (Å²) in [5.41, 5.74) is 0.223. The molecule has 2 fully saturated rings. The van der Waals surface area contributed by atoms with Gasteiger partial charge in [0.1, 0.15) is 0 Å². The lowest BCUT2D eigenvalue weighted by Crippen LogP contribution is -2.51. The lowest BCUT2D eigenvalue weighted by atomic mass is 9.68. The summed E-state index contributed by atoms with van der Waals surface area (Å²) in [6.07, 6.45) is 1.02. The number of nitrogens with one attached hydrogen (secondary N) is 3. The number of likely N-dealkylation sites (N-methyl/N-ethyl adjacent to an activating group) is 1. The molecule has 3 aliphatic rings. The van der Waals surface area contributed by atoms with Crippen LogP contribution in [0.5, 0.6) is 0 Å². The molecule has 2 aromatic rings. The molecule has 50 heavy (non-hydrogen) atoms. The molecule has 5 rings (SSSR count). The van der Waals surface area contributed by atoms with E-state index in [2.05, 4.69) is 22.5 Å². The summed E-state index contributed by atoms with van der Waals surface area (Å²) in [4.78, 5) is 45.3. The first kappa shape index (κ1) is 36.9. The zero-order chi connectivity index (χ0) is 36.1. The molecule has 1 atom stereocenters. The summed E-state index contributed by atoms with van der Waals surface area (Å²) >= 11 is 6.27. The molecule has 270 valence electrons. The number of piperidine rings is 2. The van der Waals surface area contributed by atoms with Crippen LogP contribution in [0.15, 0.2) is 61.5 Å². The Hall–Kier alpha value is -4.39. The van der Waals surface area contributed by atoms with Crippen LogP contribution in [-0.4, -0.2) is 91.6 Å². The molecule has 0 radical (unpaired) electrons. The molecule has 14 heteroatoms. The molecule has 1 spiro atoms. The second-order valence-electron chi connectivity index (χ2n) is 13.2. The summed E-state index contributed by atoms with van der Waals surface area (Å²) in [5.74, 6) is -0.562. The third kappa shape index (κ3) is 8.48. The van der Waals surface area contributed by atoms with Crippen LogP contribution < -0.4 is 16.0 Å². The molecule has 2 saturated heterocycles. The van der Waals surface area contributed by atoms with Gasteiger partial charge in [0.2, 0.25) is 5.91 Å².